The minimum atomic E-state index is -1.02. The summed E-state index contributed by atoms with van der Waals surface area (Å²) in [5.41, 5.74) is 0.402. The number of carbonyl (C=O) groups excluding carboxylic acids is 3. The number of benzene rings is 1. The predicted molar refractivity (Wildman–Crippen MR) is 172 cm³/mol. The second kappa shape index (κ2) is 22.4. The normalized spacial score (nSPS) is 12.5. The highest BCUT2D eigenvalue weighted by molar-refractivity contribution is 5.91. The summed E-state index contributed by atoms with van der Waals surface area (Å²) in [6.07, 6.45) is 3.17. The molecule has 0 aliphatic carbocycles. The van der Waals surface area contributed by atoms with E-state index < -0.39 is 23.5 Å². The molecule has 0 spiro atoms. The molecule has 0 fully saturated rings. The summed E-state index contributed by atoms with van der Waals surface area (Å²) in [7, 11) is 5.30. The van der Waals surface area contributed by atoms with Crippen molar-refractivity contribution >= 4 is 24.3 Å². The van der Waals surface area contributed by atoms with Gasteiger partial charge in [0, 0.05) is 24.6 Å². The first-order valence-electron chi connectivity index (χ1n) is 14.7. The van der Waals surface area contributed by atoms with E-state index >= 15 is 0 Å². The molecule has 2 unspecified atom stereocenters. The first-order chi connectivity index (χ1) is 19.4. The average Bonchev–Trinajstić information content (AvgIpc) is 2.91. The maximum absolute atomic E-state index is 13.2. The number of carboxylic acids is 1. The summed E-state index contributed by atoms with van der Waals surface area (Å²) in [4.78, 5) is 49.9. The number of aliphatic carboxylic acids is 1. The lowest BCUT2D eigenvalue weighted by Gasteiger charge is -2.39. The largest absolute Gasteiger partial charge is 0.478 e. The van der Waals surface area contributed by atoms with E-state index in [4.69, 9.17) is 5.11 Å². The fourth-order valence-electron chi connectivity index (χ4n) is 3.68. The predicted octanol–water partition coefficient (Wildman–Crippen LogP) is 5.68. The summed E-state index contributed by atoms with van der Waals surface area (Å²) in [5.74, 6) is -1.50. The van der Waals surface area contributed by atoms with Crippen LogP contribution in [0.1, 0.15) is 94.6 Å². The van der Waals surface area contributed by atoms with Crippen LogP contribution in [0, 0.1) is 0 Å². The van der Waals surface area contributed by atoms with Gasteiger partial charge in [0.05, 0.1) is 6.04 Å². The number of hydrogen-bond acceptors (Lipinski definition) is 6. The Hall–Kier alpha value is -3.20. The number of nitrogens with one attached hydrogen (secondary N) is 1. The van der Waals surface area contributed by atoms with Crippen molar-refractivity contribution in [3.8, 4) is 0 Å². The van der Waals surface area contributed by atoms with Crippen molar-refractivity contribution < 1.29 is 29.0 Å². The van der Waals surface area contributed by atoms with Gasteiger partial charge in [-0.1, -0.05) is 91.3 Å². The zero-order chi connectivity index (χ0) is 33.7. The number of nitrogens with zero attached hydrogens (tertiary/aromatic N) is 2. The minimum Gasteiger partial charge on any atom is -0.478 e. The van der Waals surface area contributed by atoms with Crippen LogP contribution < -0.4 is 5.32 Å². The van der Waals surface area contributed by atoms with E-state index in [-0.39, 0.29) is 29.5 Å². The monoisotopic (exact) mass is 593 g/mol. The van der Waals surface area contributed by atoms with Gasteiger partial charge in [-0.3, -0.25) is 19.3 Å². The lowest BCUT2D eigenvalue weighted by Crippen LogP contribution is -2.58. The van der Waals surface area contributed by atoms with Crippen molar-refractivity contribution in [2.45, 2.75) is 112 Å². The van der Waals surface area contributed by atoms with Gasteiger partial charge in [0.15, 0.2) is 0 Å². The zero-order valence-corrected chi connectivity index (χ0v) is 28.7. The molecule has 9 nitrogen and oxygen atoms in total. The fourth-order valence-corrected chi connectivity index (χ4v) is 3.68. The van der Waals surface area contributed by atoms with E-state index in [1.54, 1.807) is 7.05 Å². The zero-order valence-electron chi connectivity index (χ0n) is 28.7. The highest BCUT2D eigenvalue weighted by atomic mass is 16.5. The van der Waals surface area contributed by atoms with E-state index in [2.05, 4.69) is 23.9 Å². The van der Waals surface area contributed by atoms with E-state index in [0.717, 1.165) is 5.56 Å². The maximum Gasteiger partial charge on any atom is 0.331 e. The molecule has 2 amide bonds. The van der Waals surface area contributed by atoms with Crippen LogP contribution >= 0.6 is 0 Å². The van der Waals surface area contributed by atoms with Gasteiger partial charge in [0.1, 0.15) is 11.6 Å². The molecule has 0 saturated carbocycles. The van der Waals surface area contributed by atoms with Gasteiger partial charge in [0.25, 0.3) is 6.47 Å². The Morgan fingerprint density at radius 2 is 1.45 bits per heavy atom. The van der Waals surface area contributed by atoms with Crippen molar-refractivity contribution in [2.24, 2.45) is 0 Å². The molecule has 0 aliphatic rings. The molecule has 0 aliphatic heterocycles. The van der Waals surface area contributed by atoms with Gasteiger partial charge in [-0.25, -0.2) is 4.79 Å². The summed E-state index contributed by atoms with van der Waals surface area (Å²) in [6.45, 7) is 21.7. The quantitative estimate of drug-likeness (QED) is 0.251. The van der Waals surface area contributed by atoms with Crippen LogP contribution in [0.2, 0.25) is 0 Å². The Morgan fingerprint density at radius 1 is 0.976 bits per heavy atom. The van der Waals surface area contributed by atoms with Gasteiger partial charge < -0.3 is 20.1 Å². The van der Waals surface area contributed by atoms with Crippen LogP contribution in [0.4, 0.5) is 0 Å². The first-order valence-corrected chi connectivity index (χ1v) is 14.7. The highest BCUT2D eigenvalue weighted by Gasteiger charge is 2.39. The standard InChI is InChI=1S/C23H35N3O4.C5H10O2.C3H8.C2H6/c1-8-18(21(28)26(7)15-14-16(2)22(29)30)24-20(27)19(25(5)6)23(3,4)17-12-10-9-11-13-17;1-5(2,3)7-4-6;1-3-2;1-2/h9-14,18-19H,8,15H2,1-7H3,(H,24,27)(H,29,30);4H,1-3H3;3H2,1-2H3;1-2H3/b16-14+;;;. The van der Waals surface area contributed by atoms with Gasteiger partial charge >= 0.3 is 5.97 Å². The van der Waals surface area contributed by atoms with Gasteiger partial charge in [-0.05, 0) is 53.8 Å². The molecule has 0 aromatic heterocycles. The molecule has 2 N–H and O–H groups in total. The molecule has 1 rings (SSSR count). The summed E-state index contributed by atoms with van der Waals surface area (Å²) >= 11 is 0. The second-order valence-electron chi connectivity index (χ2n) is 11.4. The second-order valence-corrected chi connectivity index (χ2v) is 11.4. The highest BCUT2D eigenvalue weighted by Crippen LogP contribution is 2.29. The van der Waals surface area contributed by atoms with Crippen LogP contribution in [0.5, 0.6) is 0 Å². The Bertz CT molecular complexity index is 937. The van der Waals surface area contributed by atoms with Gasteiger partial charge in [-0.15, -0.1) is 0 Å². The van der Waals surface area contributed by atoms with Gasteiger partial charge in [-0.2, -0.15) is 0 Å². The number of ether oxygens (including phenoxy) is 1. The molecule has 0 radical (unpaired) electrons. The number of amides is 2. The number of carbonyl (C=O) groups is 4. The number of likely N-dealkylation sites (N-methyl/N-ethyl adjacent to an activating group) is 2. The summed E-state index contributed by atoms with van der Waals surface area (Å²) in [5, 5.41) is 11.9. The van der Waals surface area contributed by atoms with Crippen molar-refractivity contribution in [3.05, 3.63) is 47.5 Å². The van der Waals surface area contributed by atoms with Crippen LogP contribution in [-0.2, 0) is 29.3 Å². The van der Waals surface area contributed by atoms with Crippen molar-refractivity contribution in [3.63, 3.8) is 0 Å². The van der Waals surface area contributed by atoms with Crippen molar-refractivity contribution in [1.29, 1.82) is 0 Å². The number of carboxylic acid groups (broad SMARTS) is 1. The molecule has 0 heterocycles. The smallest absolute Gasteiger partial charge is 0.331 e. The lowest BCUT2D eigenvalue weighted by atomic mass is 9.76. The fraction of sp³-hybridized carbons (Fsp3) is 0.636. The molecule has 2 atom stereocenters. The van der Waals surface area contributed by atoms with E-state index in [0.29, 0.717) is 12.9 Å². The van der Waals surface area contributed by atoms with E-state index in [1.165, 1.54) is 24.3 Å². The number of hydrogen-bond donors (Lipinski definition) is 2. The third kappa shape index (κ3) is 17.6. The molecule has 1 aromatic carbocycles. The first kappa shape index (κ1) is 43.3. The topological polar surface area (TPSA) is 116 Å². The SMILES string of the molecule is CC.CC(C)(C)OC=O.CCC.CCC(NC(=O)C(N(C)C)C(C)(C)c1ccccc1)C(=O)N(C)C/C=C(\C)C(=O)O. The van der Waals surface area contributed by atoms with Crippen LogP contribution in [0.3, 0.4) is 0 Å². The van der Waals surface area contributed by atoms with Crippen LogP contribution in [0.15, 0.2) is 42.0 Å². The third-order valence-electron chi connectivity index (χ3n) is 5.78. The Labute approximate surface area is 255 Å². The Kier molecular flexibility index (Phi) is 23.1. The summed E-state index contributed by atoms with van der Waals surface area (Å²) < 4.78 is 4.55. The molecular weight excluding hydrogens is 534 g/mol. The van der Waals surface area contributed by atoms with Gasteiger partial charge in [0.2, 0.25) is 11.8 Å². The van der Waals surface area contributed by atoms with Crippen LogP contribution in [0.25, 0.3) is 0 Å². The summed E-state index contributed by atoms with van der Waals surface area (Å²) in [6, 6.07) is 8.65. The molecule has 9 heteroatoms. The Morgan fingerprint density at radius 3 is 1.79 bits per heavy atom. The molecule has 242 valence electrons. The molecule has 42 heavy (non-hydrogen) atoms. The van der Waals surface area contributed by atoms with Crippen molar-refractivity contribution in [2.75, 3.05) is 27.7 Å². The minimum absolute atomic E-state index is 0.163. The maximum atomic E-state index is 13.2. The molecular formula is C33H59N3O6. The molecule has 0 saturated heterocycles. The van der Waals surface area contributed by atoms with Crippen molar-refractivity contribution in [1.82, 2.24) is 15.1 Å². The van der Waals surface area contributed by atoms with E-state index in [1.807, 2.05) is 105 Å². The third-order valence-corrected chi connectivity index (χ3v) is 5.78. The molecule has 0 bridgehead atoms. The lowest BCUT2D eigenvalue weighted by molar-refractivity contribution is -0.138. The Balaban J connectivity index is -0.00000107. The average molecular weight is 594 g/mol. The van der Waals surface area contributed by atoms with Crippen LogP contribution in [-0.4, -0.2) is 84.5 Å². The number of rotatable bonds is 11. The molecule has 1 aromatic rings. The van der Waals surface area contributed by atoms with E-state index in [9.17, 15) is 19.2 Å².